The molecular formula is C51H39N3O3. The molecular weight excluding hydrogens is 703 g/mol. The van der Waals surface area contributed by atoms with Crippen molar-refractivity contribution >= 4 is 17.1 Å². The third-order valence-electron chi connectivity index (χ3n) is 8.62. The summed E-state index contributed by atoms with van der Waals surface area (Å²) in [5.41, 5.74) is 27.5. The minimum atomic E-state index is 0.410. The van der Waals surface area contributed by atoms with Crippen LogP contribution < -0.4 is 31.4 Å². The lowest BCUT2D eigenvalue weighted by Gasteiger charge is -2.07. The Morgan fingerprint density at radius 3 is 0.842 bits per heavy atom. The lowest BCUT2D eigenvalue weighted by molar-refractivity contribution is 0.306. The number of anilines is 3. The zero-order valence-electron chi connectivity index (χ0n) is 31.2. The van der Waals surface area contributed by atoms with Crippen molar-refractivity contribution in [3.63, 3.8) is 0 Å². The van der Waals surface area contributed by atoms with E-state index in [1.807, 2.05) is 164 Å². The van der Waals surface area contributed by atoms with Crippen LogP contribution in [0.4, 0.5) is 17.1 Å². The summed E-state index contributed by atoms with van der Waals surface area (Å²) in [5.74, 6) is 22.3. The first-order valence-electron chi connectivity index (χ1n) is 18.3. The second-order valence-electron chi connectivity index (χ2n) is 13.2. The van der Waals surface area contributed by atoms with Gasteiger partial charge in [0.05, 0.1) is 0 Å². The first kappa shape index (κ1) is 37.3. The third-order valence-corrected chi connectivity index (χ3v) is 8.62. The quantitative estimate of drug-likeness (QED) is 0.101. The summed E-state index contributed by atoms with van der Waals surface area (Å²) in [6.45, 7) is 1.23. The van der Waals surface area contributed by atoms with Crippen molar-refractivity contribution in [3.05, 3.63) is 214 Å². The molecule has 0 aliphatic carbocycles. The molecule has 0 saturated heterocycles. The number of nitrogen functional groups attached to an aromatic ring is 3. The molecule has 0 aliphatic rings. The fourth-order valence-corrected chi connectivity index (χ4v) is 5.69. The molecule has 7 aromatic rings. The van der Waals surface area contributed by atoms with Gasteiger partial charge in [0.15, 0.2) is 0 Å². The largest absolute Gasteiger partial charge is 0.489 e. The van der Waals surface area contributed by atoms with Crippen molar-refractivity contribution in [1.29, 1.82) is 0 Å². The molecule has 0 radical (unpaired) electrons. The number of benzene rings is 7. The molecule has 0 atom stereocenters. The molecule has 0 fully saturated rings. The average molecular weight is 742 g/mol. The first-order valence-corrected chi connectivity index (χ1v) is 18.3. The Morgan fingerprint density at radius 2 is 0.561 bits per heavy atom. The highest BCUT2D eigenvalue weighted by Gasteiger charge is 2.02. The van der Waals surface area contributed by atoms with Gasteiger partial charge in [-0.1, -0.05) is 71.9 Å². The fourth-order valence-electron chi connectivity index (χ4n) is 5.69. The van der Waals surface area contributed by atoms with Crippen molar-refractivity contribution < 1.29 is 14.2 Å². The predicted molar refractivity (Wildman–Crippen MR) is 229 cm³/mol. The third kappa shape index (κ3) is 11.5. The zero-order chi connectivity index (χ0) is 39.2. The summed E-state index contributed by atoms with van der Waals surface area (Å²) in [6, 6.07) is 52.1. The molecule has 0 spiro atoms. The molecule has 0 bridgehead atoms. The van der Waals surface area contributed by atoms with Gasteiger partial charge in [-0.3, -0.25) is 0 Å². The molecule has 6 N–H and O–H groups in total. The molecule has 0 heterocycles. The number of rotatable bonds is 9. The van der Waals surface area contributed by atoms with Crippen LogP contribution in [0.25, 0.3) is 0 Å². The van der Waals surface area contributed by atoms with Gasteiger partial charge in [-0.2, -0.15) is 0 Å². The SMILES string of the molecule is Nc1ccc(OCc2cccc(C#Cc3cc(C#Cc4cccc(COc5ccc(N)cc5)c4)cc(C#Cc4cccc(COc5ccc(N)cc5)c4)c3)c2)cc1. The average Bonchev–Trinajstić information content (AvgIpc) is 3.24. The monoisotopic (exact) mass is 741 g/mol. The van der Waals surface area contributed by atoms with Gasteiger partial charge in [0.1, 0.15) is 37.1 Å². The van der Waals surface area contributed by atoms with Crippen molar-refractivity contribution in [3.8, 4) is 52.8 Å². The second kappa shape index (κ2) is 18.4. The molecule has 7 aromatic carbocycles. The maximum atomic E-state index is 5.96. The minimum absolute atomic E-state index is 0.410. The van der Waals surface area contributed by atoms with E-state index in [4.69, 9.17) is 31.4 Å². The van der Waals surface area contributed by atoms with Gasteiger partial charge in [-0.25, -0.2) is 0 Å². The zero-order valence-corrected chi connectivity index (χ0v) is 31.2. The van der Waals surface area contributed by atoms with E-state index in [0.717, 1.165) is 67.3 Å². The van der Waals surface area contributed by atoms with Crippen LogP contribution in [0.15, 0.2) is 164 Å². The molecule has 276 valence electrons. The lowest BCUT2D eigenvalue weighted by Crippen LogP contribution is -1.96. The Hall–Kier alpha value is -7.98. The molecule has 57 heavy (non-hydrogen) atoms. The van der Waals surface area contributed by atoms with Crippen LogP contribution in [0.5, 0.6) is 17.2 Å². The van der Waals surface area contributed by atoms with Gasteiger partial charge in [-0.15, -0.1) is 0 Å². The standard InChI is InChI=1S/C51H39N3O3/c52-46-16-22-49(23-17-46)55-34-43-7-1-4-37(28-43)10-13-40-31-41(14-11-38-5-2-8-44(29-38)35-56-50-24-18-47(53)19-25-50)33-42(32-40)15-12-39-6-3-9-45(30-39)36-57-51-26-20-48(54)21-27-51/h1-9,16-33H,34-36,52-54H2. The molecule has 0 aliphatic heterocycles. The Labute approximate surface area is 333 Å². The van der Waals surface area contributed by atoms with E-state index in [1.54, 1.807) is 0 Å². The van der Waals surface area contributed by atoms with Crippen molar-refractivity contribution in [2.45, 2.75) is 19.8 Å². The molecule has 0 amide bonds. The first-order chi connectivity index (χ1) is 27.9. The summed E-state index contributed by atoms with van der Waals surface area (Å²) in [7, 11) is 0. The van der Waals surface area contributed by atoms with Gasteiger partial charge < -0.3 is 31.4 Å². The van der Waals surface area contributed by atoms with Crippen LogP contribution in [0.3, 0.4) is 0 Å². The smallest absolute Gasteiger partial charge is 0.119 e. The Bertz CT molecular complexity index is 2360. The fraction of sp³-hybridized carbons (Fsp3) is 0.0588. The van der Waals surface area contributed by atoms with E-state index in [9.17, 15) is 0 Å². The number of nitrogens with two attached hydrogens (primary N) is 3. The topological polar surface area (TPSA) is 106 Å². The summed E-state index contributed by atoms with van der Waals surface area (Å²) in [6.07, 6.45) is 0. The number of hydrogen-bond acceptors (Lipinski definition) is 6. The summed E-state index contributed by atoms with van der Waals surface area (Å²) < 4.78 is 17.9. The Morgan fingerprint density at radius 1 is 0.298 bits per heavy atom. The van der Waals surface area contributed by atoms with Gasteiger partial charge >= 0.3 is 0 Å². The Balaban J connectivity index is 1.12. The molecule has 0 unspecified atom stereocenters. The molecule has 6 nitrogen and oxygen atoms in total. The second-order valence-corrected chi connectivity index (χ2v) is 13.2. The maximum Gasteiger partial charge on any atom is 0.119 e. The van der Waals surface area contributed by atoms with E-state index >= 15 is 0 Å². The van der Waals surface area contributed by atoms with E-state index < -0.39 is 0 Å². The van der Waals surface area contributed by atoms with Gasteiger partial charge in [0.2, 0.25) is 0 Å². The van der Waals surface area contributed by atoms with E-state index in [-0.39, 0.29) is 0 Å². The van der Waals surface area contributed by atoms with Crippen LogP contribution >= 0.6 is 0 Å². The van der Waals surface area contributed by atoms with E-state index in [0.29, 0.717) is 36.9 Å². The maximum absolute atomic E-state index is 5.96. The van der Waals surface area contributed by atoms with Crippen LogP contribution in [0.2, 0.25) is 0 Å². The lowest BCUT2D eigenvalue weighted by atomic mass is 10.0. The summed E-state index contributed by atoms with van der Waals surface area (Å²) in [5, 5.41) is 0. The number of ether oxygens (including phenoxy) is 3. The van der Waals surface area contributed by atoms with Gasteiger partial charge in [0.25, 0.3) is 0 Å². The normalized spacial score (nSPS) is 10.1. The van der Waals surface area contributed by atoms with Crippen molar-refractivity contribution in [1.82, 2.24) is 0 Å². The highest BCUT2D eigenvalue weighted by Crippen LogP contribution is 2.19. The predicted octanol–water partition coefficient (Wildman–Crippen LogP) is 9.37. The van der Waals surface area contributed by atoms with Crippen LogP contribution in [-0.4, -0.2) is 0 Å². The minimum Gasteiger partial charge on any atom is -0.489 e. The summed E-state index contributed by atoms with van der Waals surface area (Å²) in [4.78, 5) is 0. The highest BCUT2D eigenvalue weighted by atomic mass is 16.5. The highest BCUT2D eigenvalue weighted by molar-refractivity contribution is 5.56. The van der Waals surface area contributed by atoms with Crippen LogP contribution in [0, 0.1) is 35.5 Å². The molecule has 0 aromatic heterocycles. The summed E-state index contributed by atoms with van der Waals surface area (Å²) >= 11 is 0. The number of hydrogen-bond donors (Lipinski definition) is 3. The van der Waals surface area contributed by atoms with Crippen molar-refractivity contribution in [2.24, 2.45) is 0 Å². The molecule has 6 heteroatoms. The van der Waals surface area contributed by atoms with Gasteiger partial charge in [0, 0.05) is 50.4 Å². The molecule has 7 rings (SSSR count). The van der Waals surface area contributed by atoms with Gasteiger partial charge in [-0.05, 0) is 144 Å². The van der Waals surface area contributed by atoms with Crippen molar-refractivity contribution in [2.75, 3.05) is 17.2 Å². The Kier molecular flexibility index (Phi) is 12.0. The van der Waals surface area contributed by atoms with Crippen LogP contribution in [0.1, 0.15) is 50.1 Å². The van der Waals surface area contributed by atoms with Crippen LogP contribution in [-0.2, 0) is 19.8 Å². The molecule has 0 saturated carbocycles. The van der Waals surface area contributed by atoms with E-state index in [2.05, 4.69) is 35.5 Å². The van der Waals surface area contributed by atoms with E-state index in [1.165, 1.54) is 0 Å².